The molecule has 1 heterocycles. The van der Waals surface area contributed by atoms with Crippen LogP contribution in [0.4, 0.5) is 11.4 Å². The predicted molar refractivity (Wildman–Crippen MR) is 125 cm³/mol. The number of sulfonamides is 1. The van der Waals surface area contributed by atoms with E-state index in [1.807, 2.05) is 6.07 Å². The van der Waals surface area contributed by atoms with E-state index in [0.717, 1.165) is 0 Å². The monoisotopic (exact) mass is 455 g/mol. The maximum Gasteiger partial charge on any atom is 0.262 e. The van der Waals surface area contributed by atoms with Gasteiger partial charge in [0.2, 0.25) is 0 Å². The number of rotatable bonds is 5. The van der Waals surface area contributed by atoms with E-state index in [2.05, 4.69) is 4.72 Å². The molecule has 0 atom stereocenters. The van der Waals surface area contributed by atoms with Crippen molar-refractivity contribution in [2.45, 2.75) is 4.90 Å². The number of nitriles is 1. The highest BCUT2D eigenvalue weighted by Gasteiger charge is 2.30. The minimum atomic E-state index is -3.95. The number of anilines is 2. The highest BCUT2D eigenvalue weighted by atomic mass is 32.2. The molecule has 162 valence electrons. The number of carbonyl (C=O) groups excluding carboxylic acids is 1. The van der Waals surface area contributed by atoms with Crippen molar-refractivity contribution in [2.75, 3.05) is 16.7 Å². The molecule has 4 aromatic rings. The van der Waals surface area contributed by atoms with Crippen LogP contribution in [0.3, 0.4) is 0 Å². The van der Waals surface area contributed by atoms with Crippen LogP contribution in [0.1, 0.15) is 15.9 Å². The number of ether oxygens (including phenoxy) is 1. The van der Waals surface area contributed by atoms with Gasteiger partial charge in [0, 0.05) is 29.4 Å². The van der Waals surface area contributed by atoms with Crippen molar-refractivity contribution in [3.8, 4) is 17.6 Å². The van der Waals surface area contributed by atoms with Crippen LogP contribution in [0.15, 0.2) is 83.8 Å². The second kappa shape index (κ2) is 7.65. The van der Waals surface area contributed by atoms with Crippen LogP contribution in [-0.4, -0.2) is 21.4 Å². The Morgan fingerprint density at radius 1 is 0.939 bits per heavy atom. The second-order valence-electron chi connectivity index (χ2n) is 7.55. The molecule has 0 unspecified atom stereocenters. The molecule has 0 aliphatic carbocycles. The lowest BCUT2D eigenvalue weighted by Gasteiger charge is -2.14. The standard InChI is InChI=1S/C25H17N3O4S/c1-28-22-12-13-23(20-6-3-7-21(24(20)22)25(28)29)33(30,31)27-17-4-2-5-19(14-17)32-18-10-8-16(15-26)9-11-18/h2-14,27H,1H3. The van der Waals surface area contributed by atoms with Gasteiger partial charge in [0.25, 0.3) is 15.9 Å². The molecule has 8 heteroatoms. The Morgan fingerprint density at radius 2 is 1.70 bits per heavy atom. The van der Waals surface area contributed by atoms with E-state index in [-0.39, 0.29) is 10.8 Å². The number of carbonyl (C=O) groups is 1. The maximum absolute atomic E-state index is 13.3. The summed E-state index contributed by atoms with van der Waals surface area (Å²) < 4.78 is 34.9. The largest absolute Gasteiger partial charge is 0.457 e. The summed E-state index contributed by atoms with van der Waals surface area (Å²) in [5, 5.41) is 10.0. The average Bonchev–Trinajstić information content (AvgIpc) is 3.06. The SMILES string of the molecule is CN1C(=O)c2cccc3c(S(=O)(=O)Nc4cccc(Oc5ccc(C#N)cc5)c4)ccc1c23. The third-order valence-electron chi connectivity index (χ3n) is 5.47. The third-order valence-corrected chi connectivity index (χ3v) is 6.91. The average molecular weight is 455 g/mol. The lowest BCUT2D eigenvalue weighted by atomic mass is 10.1. The van der Waals surface area contributed by atoms with Crippen molar-refractivity contribution in [1.82, 2.24) is 0 Å². The second-order valence-corrected chi connectivity index (χ2v) is 9.20. The van der Waals surface area contributed by atoms with E-state index in [1.54, 1.807) is 79.8 Å². The molecule has 1 aliphatic rings. The molecule has 0 spiro atoms. The third kappa shape index (κ3) is 3.54. The molecule has 1 aliphatic heterocycles. The van der Waals surface area contributed by atoms with Gasteiger partial charge in [0.1, 0.15) is 11.5 Å². The topological polar surface area (TPSA) is 99.5 Å². The van der Waals surface area contributed by atoms with E-state index in [1.165, 1.54) is 11.0 Å². The highest BCUT2D eigenvalue weighted by Crippen LogP contribution is 2.39. The predicted octanol–water partition coefficient (Wildman–Crippen LogP) is 4.89. The van der Waals surface area contributed by atoms with Gasteiger partial charge >= 0.3 is 0 Å². The molecule has 0 aromatic heterocycles. The van der Waals surface area contributed by atoms with Crippen molar-refractivity contribution in [3.05, 3.63) is 90.0 Å². The minimum absolute atomic E-state index is 0.0876. The fraction of sp³-hybridized carbons (Fsp3) is 0.0400. The molecule has 0 saturated carbocycles. The lowest BCUT2D eigenvalue weighted by molar-refractivity contribution is 0.0999. The van der Waals surface area contributed by atoms with Crippen LogP contribution in [0.5, 0.6) is 11.5 Å². The first-order chi connectivity index (χ1) is 15.9. The van der Waals surface area contributed by atoms with E-state index < -0.39 is 10.0 Å². The molecule has 0 fully saturated rings. The summed E-state index contributed by atoms with van der Waals surface area (Å²) in [4.78, 5) is 14.1. The van der Waals surface area contributed by atoms with Gasteiger partial charge in [0.15, 0.2) is 0 Å². The molecular weight excluding hydrogens is 438 g/mol. The summed E-state index contributed by atoms with van der Waals surface area (Å²) >= 11 is 0. The van der Waals surface area contributed by atoms with E-state index >= 15 is 0 Å². The zero-order valence-corrected chi connectivity index (χ0v) is 18.3. The minimum Gasteiger partial charge on any atom is -0.457 e. The van der Waals surface area contributed by atoms with Gasteiger partial charge in [-0.25, -0.2) is 8.42 Å². The first-order valence-corrected chi connectivity index (χ1v) is 11.5. The first-order valence-electron chi connectivity index (χ1n) is 10.0. The van der Waals surface area contributed by atoms with Gasteiger partial charge in [-0.15, -0.1) is 0 Å². The van der Waals surface area contributed by atoms with E-state index in [0.29, 0.717) is 44.8 Å². The fourth-order valence-corrected chi connectivity index (χ4v) is 5.16. The number of nitrogens with one attached hydrogen (secondary N) is 1. The Labute approximate surface area is 190 Å². The molecule has 1 amide bonds. The Bertz CT molecular complexity index is 1570. The molecular formula is C25H17N3O4S. The van der Waals surface area contributed by atoms with Crippen molar-refractivity contribution < 1.29 is 17.9 Å². The van der Waals surface area contributed by atoms with Gasteiger partial charge in [-0.1, -0.05) is 18.2 Å². The molecule has 5 rings (SSSR count). The zero-order chi connectivity index (χ0) is 23.2. The zero-order valence-electron chi connectivity index (χ0n) is 17.4. The molecule has 33 heavy (non-hydrogen) atoms. The first kappa shape index (κ1) is 20.5. The van der Waals surface area contributed by atoms with Gasteiger partial charge in [-0.2, -0.15) is 5.26 Å². The van der Waals surface area contributed by atoms with E-state index in [9.17, 15) is 13.2 Å². The summed E-state index contributed by atoms with van der Waals surface area (Å²) in [6.07, 6.45) is 0. The number of nitrogens with zero attached hydrogens (tertiary/aromatic N) is 2. The number of hydrogen-bond acceptors (Lipinski definition) is 5. The number of benzene rings is 4. The Hall–Kier alpha value is -4.35. The van der Waals surface area contributed by atoms with E-state index in [4.69, 9.17) is 10.00 Å². The van der Waals surface area contributed by atoms with Gasteiger partial charge in [-0.3, -0.25) is 9.52 Å². The van der Waals surface area contributed by atoms with Crippen molar-refractivity contribution in [2.24, 2.45) is 0 Å². The van der Waals surface area contributed by atoms with Crippen LogP contribution in [0, 0.1) is 11.3 Å². The van der Waals surface area contributed by atoms with Crippen LogP contribution < -0.4 is 14.4 Å². The molecule has 0 bridgehead atoms. The van der Waals surface area contributed by atoms with Crippen LogP contribution in [-0.2, 0) is 10.0 Å². The number of amides is 1. The fourth-order valence-electron chi connectivity index (χ4n) is 3.91. The summed E-state index contributed by atoms with van der Waals surface area (Å²) in [6.45, 7) is 0. The molecule has 0 radical (unpaired) electrons. The molecule has 7 nitrogen and oxygen atoms in total. The molecule has 1 N–H and O–H groups in total. The maximum atomic E-state index is 13.3. The molecule has 0 saturated heterocycles. The summed E-state index contributed by atoms with van der Waals surface area (Å²) in [7, 11) is -2.28. The van der Waals surface area contributed by atoms with Crippen molar-refractivity contribution in [1.29, 1.82) is 5.26 Å². The van der Waals surface area contributed by atoms with Gasteiger partial charge in [0.05, 0.1) is 27.9 Å². The van der Waals surface area contributed by atoms with Crippen LogP contribution in [0.25, 0.3) is 10.8 Å². The Balaban J connectivity index is 1.47. The van der Waals surface area contributed by atoms with Crippen molar-refractivity contribution >= 4 is 38.1 Å². The quantitative estimate of drug-likeness (QED) is 0.462. The summed E-state index contributed by atoms with van der Waals surface area (Å²) in [5.41, 5.74) is 2.02. The van der Waals surface area contributed by atoms with Crippen LogP contribution in [0.2, 0.25) is 0 Å². The van der Waals surface area contributed by atoms with Crippen molar-refractivity contribution in [3.63, 3.8) is 0 Å². The summed E-state index contributed by atoms with van der Waals surface area (Å²) in [5.74, 6) is 0.800. The highest BCUT2D eigenvalue weighted by molar-refractivity contribution is 7.93. The number of hydrogen-bond donors (Lipinski definition) is 1. The lowest BCUT2D eigenvalue weighted by Crippen LogP contribution is -2.20. The Morgan fingerprint density at radius 3 is 2.45 bits per heavy atom. The Kier molecular flexibility index (Phi) is 4.77. The smallest absolute Gasteiger partial charge is 0.262 e. The van der Waals surface area contributed by atoms with Gasteiger partial charge in [-0.05, 0) is 54.6 Å². The van der Waals surface area contributed by atoms with Gasteiger partial charge < -0.3 is 9.64 Å². The van der Waals surface area contributed by atoms with Crippen LogP contribution >= 0.6 is 0 Å². The normalized spacial score (nSPS) is 12.6. The molecule has 4 aromatic carbocycles. The summed E-state index contributed by atoms with van der Waals surface area (Å²) in [6, 6.07) is 23.5.